The minimum Gasteiger partial charge on any atom is -0.381 e. The molecule has 2 N–H and O–H groups in total. The van der Waals surface area contributed by atoms with Crippen LogP contribution in [0.5, 0.6) is 0 Å². The number of rotatable bonds is 7. The molecule has 0 aromatic rings. The zero-order chi connectivity index (χ0) is 19.8. The second kappa shape index (κ2) is 13.4. The quantitative estimate of drug-likeness (QED) is 0.289. The Balaban J connectivity index is 0.00000300. The van der Waals surface area contributed by atoms with Crippen LogP contribution in [0.4, 0.5) is 0 Å². The SMILES string of the molecule is CCS(=O)C1CCCC(NC(=NC)NCC(C2CCOC2)N2CCOCC2)C1.I. The molecule has 5 atom stereocenters. The van der Waals surface area contributed by atoms with Gasteiger partial charge >= 0.3 is 0 Å². The first kappa shape index (κ1) is 25.3. The van der Waals surface area contributed by atoms with Crippen LogP contribution in [0.15, 0.2) is 4.99 Å². The average molecular weight is 543 g/mol. The van der Waals surface area contributed by atoms with Crippen LogP contribution in [0.1, 0.15) is 39.0 Å². The monoisotopic (exact) mass is 542 g/mol. The Morgan fingerprint density at radius 1 is 1.21 bits per heavy atom. The second-order valence-electron chi connectivity index (χ2n) is 8.09. The van der Waals surface area contributed by atoms with Gasteiger partial charge in [0.25, 0.3) is 0 Å². The van der Waals surface area contributed by atoms with Crippen LogP contribution >= 0.6 is 24.0 Å². The largest absolute Gasteiger partial charge is 0.381 e. The molecule has 9 heteroatoms. The summed E-state index contributed by atoms with van der Waals surface area (Å²) in [5, 5.41) is 7.49. The smallest absolute Gasteiger partial charge is 0.191 e. The molecule has 0 aromatic heterocycles. The molecule has 29 heavy (non-hydrogen) atoms. The van der Waals surface area contributed by atoms with Crippen LogP contribution in [-0.4, -0.2) is 91.3 Å². The van der Waals surface area contributed by atoms with Crippen LogP contribution in [0, 0.1) is 5.92 Å². The van der Waals surface area contributed by atoms with Gasteiger partial charge in [-0.25, -0.2) is 0 Å². The summed E-state index contributed by atoms with van der Waals surface area (Å²) >= 11 is 0. The van der Waals surface area contributed by atoms with Gasteiger partial charge in [0, 0.05) is 73.1 Å². The molecule has 2 aliphatic heterocycles. The Bertz CT molecular complexity index is 528. The van der Waals surface area contributed by atoms with Gasteiger partial charge in [0.05, 0.1) is 19.8 Å². The van der Waals surface area contributed by atoms with Crippen LogP contribution in [0.2, 0.25) is 0 Å². The van der Waals surface area contributed by atoms with E-state index in [4.69, 9.17) is 9.47 Å². The van der Waals surface area contributed by atoms with Gasteiger partial charge in [-0.3, -0.25) is 14.1 Å². The Morgan fingerprint density at radius 3 is 2.66 bits per heavy atom. The summed E-state index contributed by atoms with van der Waals surface area (Å²) in [6, 6.07) is 0.800. The fourth-order valence-corrected chi connectivity index (χ4v) is 6.05. The first-order chi connectivity index (χ1) is 13.7. The number of ether oxygens (including phenoxy) is 2. The fraction of sp³-hybridized carbons (Fsp3) is 0.950. The van der Waals surface area contributed by atoms with Crippen molar-refractivity contribution >= 4 is 40.7 Å². The van der Waals surface area contributed by atoms with Crippen LogP contribution in [0.3, 0.4) is 0 Å². The summed E-state index contributed by atoms with van der Waals surface area (Å²) in [6.45, 7) is 8.21. The third-order valence-electron chi connectivity index (χ3n) is 6.35. The van der Waals surface area contributed by atoms with Gasteiger partial charge in [-0.05, 0) is 25.7 Å². The van der Waals surface area contributed by atoms with E-state index >= 15 is 0 Å². The lowest BCUT2D eigenvalue weighted by atomic mass is 9.95. The van der Waals surface area contributed by atoms with E-state index in [1.54, 1.807) is 0 Å². The van der Waals surface area contributed by atoms with E-state index in [2.05, 4.69) is 20.5 Å². The maximum absolute atomic E-state index is 12.2. The van der Waals surface area contributed by atoms with Gasteiger partial charge in [0.2, 0.25) is 0 Å². The molecule has 0 bridgehead atoms. The van der Waals surface area contributed by atoms with E-state index in [0.717, 1.165) is 89.9 Å². The molecule has 2 heterocycles. The van der Waals surface area contributed by atoms with Gasteiger partial charge < -0.3 is 20.1 Å². The van der Waals surface area contributed by atoms with E-state index in [1.165, 1.54) is 0 Å². The molecule has 1 saturated carbocycles. The summed E-state index contributed by atoms with van der Waals surface area (Å²) in [5.74, 6) is 2.19. The zero-order valence-electron chi connectivity index (χ0n) is 17.9. The van der Waals surface area contributed by atoms with Gasteiger partial charge in [0.15, 0.2) is 5.96 Å². The van der Waals surface area contributed by atoms with Gasteiger partial charge in [-0.15, -0.1) is 24.0 Å². The summed E-state index contributed by atoms with van der Waals surface area (Å²) in [4.78, 5) is 7.01. The lowest BCUT2D eigenvalue weighted by Crippen LogP contribution is -2.55. The molecule has 3 fully saturated rings. The number of guanidine groups is 1. The molecule has 5 unspecified atom stereocenters. The van der Waals surface area contributed by atoms with Crippen molar-refractivity contribution in [1.82, 2.24) is 15.5 Å². The summed E-state index contributed by atoms with van der Waals surface area (Å²) in [7, 11) is 1.14. The van der Waals surface area contributed by atoms with Crippen molar-refractivity contribution in [3.05, 3.63) is 0 Å². The highest BCUT2D eigenvalue weighted by Crippen LogP contribution is 2.24. The summed E-state index contributed by atoms with van der Waals surface area (Å²) in [6.07, 6.45) is 5.46. The molecule has 0 spiro atoms. The molecular formula is C20H39IN4O3S. The Hall–Kier alpha value is 0.0300. The molecule has 3 aliphatic rings. The van der Waals surface area contributed by atoms with E-state index in [0.29, 0.717) is 23.3 Å². The van der Waals surface area contributed by atoms with Crippen molar-refractivity contribution in [2.45, 2.75) is 56.4 Å². The van der Waals surface area contributed by atoms with Crippen LogP contribution in [0.25, 0.3) is 0 Å². The third kappa shape index (κ3) is 7.59. The zero-order valence-corrected chi connectivity index (χ0v) is 21.1. The number of halogens is 1. The second-order valence-corrected chi connectivity index (χ2v) is 10.1. The molecule has 0 amide bonds. The van der Waals surface area contributed by atoms with E-state index in [9.17, 15) is 4.21 Å². The number of aliphatic imine (C=N–C) groups is 1. The molecule has 3 rings (SSSR count). The normalized spacial score (nSPS) is 31.0. The maximum Gasteiger partial charge on any atom is 0.191 e. The van der Waals surface area contributed by atoms with Crippen molar-refractivity contribution < 1.29 is 13.7 Å². The predicted octanol–water partition coefficient (Wildman–Crippen LogP) is 1.59. The van der Waals surface area contributed by atoms with Gasteiger partial charge in [-0.1, -0.05) is 13.3 Å². The highest BCUT2D eigenvalue weighted by molar-refractivity contribution is 14.0. The maximum atomic E-state index is 12.2. The van der Waals surface area contributed by atoms with Gasteiger partial charge in [-0.2, -0.15) is 0 Å². The topological polar surface area (TPSA) is 75.2 Å². The van der Waals surface area contributed by atoms with Crippen molar-refractivity contribution in [3.8, 4) is 0 Å². The molecule has 0 radical (unpaired) electrons. The third-order valence-corrected chi connectivity index (χ3v) is 8.09. The van der Waals surface area contributed by atoms with E-state index < -0.39 is 10.8 Å². The number of nitrogens with one attached hydrogen (secondary N) is 2. The summed E-state index contributed by atoms with van der Waals surface area (Å²) < 4.78 is 23.4. The molecule has 0 aromatic carbocycles. The minimum atomic E-state index is -0.700. The van der Waals surface area contributed by atoms with Crippen molar-refractivity contribution in [3.63, 3.8) is 0 Å². The highest BCUT2D eigenvalue weighted by atomic mass is 127. The molecular weight excluding hydrogens is 503 g/mol. The first-order valence-corrected chi connectivity index (χ1v) is 12.3. The molecule has 2 saturated heterocycles. The Morgan fingerprint density at radius 2 is 2.00 bits per heavy atom. The number of morpholine rings is 1. The molecule has 1 aliphatic carbocycles. The van der Waals surface area contributed by atoms with E-state index in [-0.39, 0.29) is 24.0 Å². The average Bonchev–Trinajstić information content (AvgIpc) is 3.28. The van der Waals surface area contributed by atoms with Crippen LogP contribution in [-0.2, 0) is 20.3 Å². The minimum absolute atomic E-state index is 0. The fourth-order valence-electron chi connectivity index (χ4n) is 4.70. The molecule has 7 nitrogen and oxygen atoms in total. The first-order valence-electron chi connectivity index (χ1n) is 10.9. The Kier molecular flexibility index (Phi) is 11.7. The molecule has 170 valence electrons. The van der Waals surface area contributed by atoms with Gasteiger partial charge in [0.1, 0.15) is 0 Å². The lowest BCUT2D eigenvalue weighted by molar-refractivity contribution is 0.00245. The van der Waals surface area contributed by atoms with Crippen molar-refractivity contribution in [1.29, 1.82) is 0 Å². The number of nitrogens with zero attached hydrogens (tertiary/aromatic N) is 2. The predicted molar refractivity (Wildman–Crippen MR) is 130 cm³/mol. The Labute approximate surface area is 195 Å². The van der Waals surface area contributed by atoms with Crippen LogP contribution < -0.4 is 10.6 Å². The van der Waals surface area contributed by atoms with Crippen molar-refractivity contribution in [2.24, 2.45) is 10.9 Å². The number of hydrogen-bond acceptors (Lipinski definition) is 5. The number of hydrogen-bond donors (Lipinski definition) is 2. The summed E-state index contributed by atoms with van der Waals surface area (Å²) in [5.41, 5.74) is 0. The lowest BCUT2D eigenvalue weighted by Gasteiger charge is -2.38. The van der Waals surface area contributed by atoms with E-state index in [1.807, 2.05) is 14.0 Å². The highest BCUT2D eigenvalue weighted by Gasteiger charge is 2.32. The standard InChI is InChI=1S/C20H38N4O3S.HI/c1-3-28(25)18-6-4-5-17(13-18)23-20(21-2)22-14-19(16-7-10-27-15-16)24-8-11-26-12-9-24;/h16-19H,3-15H2,1-2H3,(H2,21,22,23);1H. The van der Waals surface area contributed by atoms with Crippen molar-refractivity contribution in [2.75, 3.05) is 58.9 Å².